The number of piperazine rings is 1. The van der Waals surface area contributed by atoms with Gasteiger partial charge in [-0.2, -0.15) is 0 Å². The van der Waals surface area contributed by atoms with Gasteiger partial charge >= 0.3 is 0 Å². The predicted molar refractivity (Wildman–Crippen MR) is 47.3 cm³/mol. The molecule has 11 heavy (non-hydrogen) atoms. The fourth-order valence-electron chi connectivity index (χ4n) is 1.16. The summed E-state index contributed by atoms with van der Waals surface area (Å²) in [6.07, 6.45) is 0.461. The van der Waals surface area contributed by atoms with E-state index in [2.05, 4.69) is 22.1 Å². The Labute approximate surface area is 69.2 Å². The summed E-state index contributed by atoms with van der Waals surface area (Å²) >= 11 is 0. The van der Waals surface area contributed by atoms with Crippen molar-refractivity contribution in [2.75, 3.05) is 32.6 Å². The van der Waals surface area contributed by atoms with Crippen molar-refractivity contribution in [3.8, 4) is 0 Å². The quantitative estimate of drug-likeness (QED) is 0.510. The van der Waals surface area contributed by atoms with Crippen LogP contribution in [0.3, 0.4) is 0 Å². The van der Waals surface area contributed by atoms with Gasteiger partial charge < -0.3 is 15.5 Å². The Kier molecular flexibility index (Phi) is 3.30. The summed E-state index contributed by atoms with van der Waals surface area (Å²) < 4.78 is 0. The molecule has 0 atom stereocenters. The van der Waals surface area contributed by atoms with Gasteiger partial charge in [-0.25, -0.2) is 0 Å². The molecule has 3 nitrogen and oxygen atoms in total. The van der Waals surface area contributed by atoms with Gasteiger partial charge in [0.05, 0.1) is 13.7 Å². The Morgan fingerprint density at radius 1 is 1.55 bits per heavy atom. The lowest BCUT2D eigenvalue weighted by atomic mass is 10.2. The highest BCUT2D eigenvalue weighted by Gasteiger charge is 2.09. The van der Waals surface area contributed by atoms with Gasteiger partial charge in [0, 0.05) is 26.2 Å². The molecule has 0 aromatic rings. The van der Waals surface area contributed by atoms with Crippen LogP contribution in [0.1, 0.15) is 0 Å². The van der Waals surface area contributed by atoms with Gasteiger partial charge in [-0.05, 0) is 6.44 Å². The first-order valence-electron chi connectivity index (χ1n) is 3.93. The molecule has 0 bridgehead atoms. The van der Waals surface area contributed by atoms with Crippen LogP contribution in [-0.4, -0.2) is 45.4 Å². The van der Waals surface area contributed by atoms with Gasteiger partial charge in [-0.3, -0.25) is 0 Å². The minimum atomic E-state index is 0.461. The SMILES string of the molecule is [B]CNC(=C)N1CCNCC1. The number of hydrogen-bond acceptors (Lipinski definition) is 3. The van der Waals surface area contributed by atoms with Crippen molar-refractivity contribution in [2.45, 2.75) is 0 Å². The third kappa shape index (κ3) is 2.46. The highest BCUT2D eigenvalue weighted by Crippen LogP contribution is 1.98. The number of nitrogens with one attached hydrogen (secondary N) is 2. The molecule has 1 aliphatic rings. The van der Waals surface area contributed by atoms with Crippen LogP contribution in [0.5, 0.6) is 0 Å². The molecule has 0 amide bonds. The minimum Gasteiger partial charge on any atom is -0.381 e. The van der Waals surface area contributed by atoms with Crippen LogP contribution >= 0.6 is 0 Å². The molecule has 1 fully saturated rings. The average Bonchev–Trinajstić information content (AvgIpc) is 2.07. The van der Waals surface area contributed by atoms with E-state index in [-0.39, 0.29) is 0 Å². The maximum Gasteiger partial charge on any atom is 0.0939 e. The van der Waals surface area contributed by atoms with Crippen molar-refractivity contribution < 1.29 is 0 Å². The lowest BCUT2D eigenvalue weighted by Gasteiger charge is -2.31. The second-order valence-electron chi connectivity index (χ2n) is 2.56. The van der Waals surface area contributed by atoms with E-state index < -0.39 is 0 Å². The fraction of sp³-hybridized carbons (Fsp3) is 0.714. The molecule has 0 spiro atoms. The first-order valence-corrected chi connectivity index (χ1v) is 3.93. The van der Waals surface area contributed by atoms with Crippen LogP contribution in [0.2, 0.25) is 0 Å². The zero-order valence-corrected chi connectivity index (χ0v) is 6.77. The summed E-state index contributed by atoms with van der Waals surface area (Å²) in [5.74, 6) is 0.939. The number of rotatable bonds is 3. The fourth-order valence-corrected chi connectivity index (χ4v) is 1.16. The van der Waals surface area contributed by atoms with Crippen molar-refractivity contribution in [3.05, 3.63) is 12.4 Å². The van der Waals surface area contributed by atoms with Crippen LogP contribution in [0.25, 0.3) is 0 Å². The monoisotopic (exact) mass is 151 g/mol. The highest BCUT2D eigenvalue weighted by molar-refractivity contribution is 6.08. The van der Waals surface area contributed by atoms with E-state index >= 15 is 0 Å². The summed E-state index contributed by atoms with van der Waals surface area (Å²) in [5, 5.41) is 6.27. The van der Waals surface area contributed by atoms with Gasteiger partial charge in [-0.1, -0.05) is 6.58 Å². The predicted octanol–water partition coefficient (Wildman–Crippen LogP) is -0.922. The Bertz CT molecular complexity index is 132. The maximum atomic E-state index is 5.32. The lowest BCUT2D eigenvalue weighted by molar-refractivity contribution is 0.285. The van der Waals surface area contributed by atoms with E-state index in [4.69, 9.17) is 7.85 Å². The van der Waals surface area contributed by atoms with Crippen molar-refractivity contribution >= 4 is 7.85 Å². The van der Waals surface area contributed by atoms with Gasteiger partial charge in [0.15, 0.2) is 0 Å². The van der Waals surface area contributed by atoms with Crippen LogP contribution in [0.4, 0.5) is 0 Å². The topological polar surface area (TPSA) is 27.3 Å². The van der Waals surface area contributed by atoms with E-state index in [1.807, 2.05) is 0 Å². The molecule has 2 radical (unpaired) electrons. The summed E-state index contributed by atoms with van der Waals surface area (Å²) in [4.78, 5) is 2.20. The Hall–Kier alpha value is -0.635. The largest absolute Gasteiger partial charge is 0.381 e. The van der Waals surface area contributed by atoms with Crippen LogP contribution in [0, 0.1) is 0 Å². The van der Waals surface area contributed by atoms with Crippen LogP contribution in [-0.2, 0) is 0 Å². The van der Waals surface area contributed by atoms with E-state index in [0.29, 0.717) is 6.44 Å². The summed E-state index contributed by atoms with van der Waals surface area (Å²) in [6.45, 7) is 7.98. The van der Waals surface area contributed by atoms with Crippen LogP contribution in [0.15, 0.2) is 12.4 Å². The Morgan fingerprint density at radius 3 is 2.73 bits per heavy atom. The Morgan fingerprint density at radius 2 is 2.18 bits per heavy atom. The molecule has 1 rings (SSSR count). The molecule has 0 aromatic carbocycles. The van der Waals surface area contributed by atoms with E-state index in [1.54, 1.807) is 0 Å². The normalized spacial score (nSPS) is 18.0. The lowest BCUT2D eigenvalue weighted by Crippen LogP contribution is -2.45. The molecule has 1 saturated heterocycles. The molecule has 4 heteroatoms. The minimum absolute atomic E-state index is 0.461. The Balaban J connectivity index is 2.27. The zero-order valence-electron chi connectivity index (χ0n) is 6.77. The van der Waals surface area contributed by atoms with E-state index in [0.717, 1.165) is 32.0 Å². The van der Waals surface area contributed by atoms with Gasteiger partial charge in [0.25, 0.3) is 0 Å². The van der Waals surface area contributed by atoms with Crippen molar-refractivity contribution in [1.29, 1.82) is 0 Å². The number of hydrogen-bond donors (Lipinski definition) is 2. The summed E-state index contributed by atoms with van der Waals surface area (Å²) in [5.41, 5.74) is 0. The van der Waals surface area contributed by atoms with Crippen molar-refractivity contribution in [2.24, 2.45) is 0 Å². The molecular formula is C7H14BN3. The second-order valence-corrected chi connectivity index (χ2v) is 2.56. The smallest absolute Gasteiger partial charge is 0.0939 e. The summed E-state index contributed by atoms with van der Waals surface area (Å²) in [6, 6.07) is 0. The third-order valence-electron chi connectivity index (χ3n) is 1.80. The second kappa shape index (κ2) is 4.29. The highest BCUT2D eigenvalue weighted by atomic mass is 15.3. The molecule has 0 unspecified atom stereocenters. The first kappa shape index (κ1) is 8.46. The van der Waals surface area contributed by atoms with Gasteiger partial charge in [0.2, 0.25) is 0 Å². The molecule has 60 valence electrons. The molecule has 1 heterocycles. The summed E-state index contributed by atoms with van der Waals surface area (Å²) in [7, 11) is 5.32. The number of nitrogens with zero attached hydrogens (tertiary/aromatic N) is 1. The van der Waals surface area contributed by atoms with E-state index in [9.17, 15) is 0 Å². The van der Waals surface area contributed by atoms with Gasteiger partial charge in [0.1, 0.15) is 0 Å². The molecule has 1 aliphatic heterocycles. The van der Waals surface area contributed by atoms with Crippen LogP contribution < -0.4 is 10.6 Å². The molecule has 2 N–H and O–H groups in total. The molecule has 0 aliphatic carbocycles. The van der Waals surface area contributed by atoms with Crippen molar-refractivity contribution in [1.82, 2.24) is 15.5 Å². The standard InChI is InChI=1S/C7H14BN3/c1-7(10-6-8)11-4-2-9-3-5-11/h9-10H,1-6H2. The van der Waals surface area contributed by atoms with Gasteiger partial charge in [-0.15, -0.1) is 0 Å². The molecule has 0 aromatic heterocycles. The zero-order chi connectivity index (χ0) is 8.10. The average molecular weight is 151 g/mol. The van der Waals surface area contributed by atoms with Crippen molar-refractivity contribution in [3.63, 3.8) is 0 Å². The van der Waals surface area contributed by atoms with E-state index in [1.165, 1.54) is 0 Å². The molecule has 0 saturated carbocycles. The molecular weight excluding hydrogens is 137 g/mol. The maximum absolute atomic E-state index is 5.32. The first-order chi connectivity index (χ1) is 5.34. The third-order valence-corrected chi connectivity index (χ3v) is 1.80.